The van der Waals surface area contributed by atoms with Gasteiger partial charge >= 0.3 is 5.63 Å². The SMILES string of the molecule is CCc1c(C)c2cc(Cl)c(O)c(C[NH+](C)C)c2oc1=O. The zero-order valence-electron chi connectivity index (χ0n) is 12.1. The summed E-state index contributed by atoms with van der Waals surface area (Å²) in [4.78, 5) is 13.1. The maximum atomic E-state index is 12.0. The second-order valence-electron chi connectivity index (χ2n) is 5.29. The van der Waals surface area contributed by atoms with Crippen LogP contribution in [0.25, 0.3) is 11.0 Å². The highest BCUT2D eigenvalue weighted by Gasteiger charge is 2.20. The Labute approximate surface area is 122 Å². The minimum Gasteiger partial charge on any atom is -0.506 e. The number of nitrogens with one attached hydrogen (secondary N) is 1. The van der Waals surface area contributed by atoms with Gasteiger partial charge in [-0.2, -0.15) is 0 Å². The molecule has 2 N–H and O–H groups in total. The molecule has 4 nitrogen and oxygen atoms in total. The quantitative estimate of drug-likeness (QED) is 0.847. The first-order valence-corrected chi connectivity index (χ1v) is 7.00. The first kappa shape index (κ1) is 14.9. The van der Waals surface area contributed by atoms with Crippen LogP contribution in [0.5, 0.6) is 5.75 Å². The maximum Gasteiger partial charge on any atom is 0.339 e. The predicted molar refractivity (Wildman–Crippen MR) is 79.8 cm³/mol. The summed E-state index contributed by atoms with van der Waals surface area (Å²) in [5, 5.41) is 11.2. The van der Waals surface area contributed by atoms with Crippen LogP contribution in [0.15, 0.2) is 15.3 Å². The van der Waals surface area contributed by atoms with Crippen molar-refractivity contribution in [1.29, 1.82) is 0 Å². The van der Waals surface area contributed by atoms with Crippen molar-refractivity contribution < 1.29 is 14.4 Å². The average molecular weight is 297 g/mol. The molecule has 20 heavy (non-hydrogen) atoms. The zero-order chi connectivity index (χ0) is 15.0. The van der Waals surface area contributed by atoms with E-state index in [1.54, 1.807) is 6.07 Å². The second kappa shape index (κ2) is 5.46. The number of fused-ring (bicyclic) bond motifs is 1. The summed E-state index contributed by atoms with van der Waals surface area (Å²) in [6.07, 6.45) is 0.608. The van der Waals surface area contributed by atoms with Gasteiger partial charge in [-0.3, -0.25) is 0 Å². The Bertz CT molecular complexity index is 719. The van der Waals surface area contributed by atoms with Gasteiger partial charge < -0.3 is 14.4 Å². The Balaban J connectivity index is 2.91. The highest BCUT2D eigenvalue weighted by molar-refractivity contribution is 6.33. The van der Waals surface area contributed by atoms with E-state index in [1.165, 1.54) is 0 Å². The van der Waals surface area contributed by atoms with E-state index < -0.39 is 0 Å². The summed E-state index contributed by atoms with van der Waals surface area (Å²) in [7, 11) is 3.91. The van der Waals surface area contributed by atoms with Crippen LogP contribution >= 0.6 is 11.6 Å². The second-order valence-corrected chi connectivity index (χ2v) is 5.70. The molecule has 0 atom stereocenters. The number of aryl methyl sites for hydroxylation is 1. The van der Waals surface area contributed by atoms with Crippen molar-refractivity contribution in [3.05, 3.63) is 38.2 Å². The highest BCUT2D eigenvalue weighted by Crippen LogP contribution is 2.35. The molecule has 0 spiro atoms. The Morgan fingerprint density at radius 2 is 2.00 bits per heavy atom. The van der Waals surface area contributed by atoms with Crippen LogP contribution in [0.3, 0.4) is 0 Å². The van der Waals surface area contributed by atoms with Crippen molar-refractivity contribution in [2.24, 2.45) is 0 Å². The van der Waals surface area contributed by atoms with E-state index in [4.69, 9.17) is 16.0 Å². The summed E-state index contributed by atoms with van der Waals surface area (Å²) in [5.74, 6) is -0.00725. The first-order valence-electron chi connectivity index (χ1n) is 6.62. The number of rotatable bonds is 3. The van der Waals surface area contributed by atoms with E-state index in [0.29, 0.717) is 29.7 Å². The minimum atomic E-state index is -0.339. The molecule has 5 heteroatoms. The third-order valence-corrected chi connectivity index (χ3v) is 3.77. The number of benzene rings is 1. The van der Waals surface area contributed by atoms with Crippen molar-refractivity contribution in [2.45, 2.75) is 26.8 Å². The molecular weight excluding hydrogens is 278 g/mol. The molecule has 1 aromatic carbocycles. The molecule has 0 saturated heterocycles. The summed E-state index contributed by atoms with van der Waals surface area (Å²) >= 11 is 6.10. The predicted octanol–water partition coefficient (Wildman–Crippen LogP) is 1.67. The third-order valence-electron chi connectivity index (χ3n) is 3.48. The standard InChI is InChI=1S/C15H18ClNO3/c1-5-9-8(2)10-6-12(16)13(18)11(7-17(3)4)14(10)20-15(9)19/h6,18H,5,7H2,1-4H3/p+1. The Morgan fingerprint density at radius 1 is 1.35 bits per heavy atom. The maximum absolute atomic E-state index is 12.0. The van der Waals surface area contributed by atoms with E-state index in [0.717, 1.165) is 15.8 Å². The topological polar surface area (TPSA) is 54.9 Å². The Morgan fingerprint density at radius 3 is 2.55 bits per heavy atom. The molecule has 1 aromatic heterocycles. The van der Waals surface area contributed by atoms with Crippen molar-refractivity contribution >= 4 is 22.6 Å². The molecule has 2 rings (SSSR count). The van der Waals surface area contributed by atoms with Gasteiger partial charge in [-0.25, -0.2) is 4.79 Å². The van der Waals surface area contributed by atoms with E-state index in [9.17, 15) is 9.90 Å². The number of aromatic hydroxyl groups is 1. The van der Waals surface area contributed by atoms with Crippen LogP contribution in [-0.2, 0) is 13.0 Å². The van der Waals surface area contributed by atoms with Crippen LogP contribution < -0.4 is 10.5 Å². The molecule has 0 fully saturated rings. The summed E-state index contributed by atoms with van der Waals surface area (Å²) in [6, 6.07) is 1.66. The van der Waals surface area contributed by atoms with Crippen LogP contribution in [0, 0.1) is 6.92 Å². The van der Waals surface area contributed by atoms with Crippen LogP contribution in [0.4, 0.5) is 0 Å². The molecule has 1 heterocycles. The molecule has 0 radical (unpaired) electrons. The molecule has 0 bridgehead atoms. The van der Waals surface area contributed by atoms with E-state index in [-0.39, 0.29) is 16.4 Å². The lowest BCUT2D eigenvalue weighted by Gasteiger charge is -2.14. The monoisotopic (exact) mass is 296 g/mol. The van der Waals surface area contributed by atoms with Crippen molar-refractivity contribution in [1.82, 2.24) is 0 Å². The molecule has 0 unspecified atom stereocenters. The van der Waals surface area contributed by atoms with Crippen molar-refractivity contribution in [2.75, 3.05) is 14.1 Å². The number of phenolic OH excluding ortho intramolecular Hbond substituents is 1. The Kier molecular flexibility index (Phi) is 4.06. The molecule has 0 saturated carbocycles. The van der Waals surface area contributed by atoms with Gasteiger partial charge in [0.2, 0.25) is 0 Å². The molecule has 0 aliphatic rings. The average Bonchev–Trinajstić information content (AvgIpc) is 2.37. The molecule has 0 amide bonds. The molecule has 108 valence electrons. The molecule has 2 aromatic rings. The Hall–Kier alpha value is -1.52. The summed E-state index contributed by atoms with van der Waals surface area (Å²) < 4.78 is 5.44. The van der Waals surface area contributed by atoms with Crippen molar-refractivity contribution in [3.63, 3.8) is 0 Å². The van der Waals surface area contributed by atoms with Gasteiger partial charge in [0.05, 0.1) is 24.7 Å². The van der Waals surface area contributed by atoms with Gasteiger partial charge in [0.1, 0.15) is 12.3 Å². The fourth-order valence-corrected chi connectivity index (χ4v) is 2.69. The number of quaternary nitrogens is 1. The fourth-order valence-electron chi connectivity index (χ4n) is 2.47. The van der Waals surface area contributed by atoms with E-state index in [1.807, 2.05) is 27.9 Å². The summed E-state index contributed by atoms with van der Waals surface area (Å²) in [6.45, 7) is 4.33. The minimum absolute atomic E-state index is 0.00725. The third kappa shape index (κ3) is 2.41. The van der Waals surface area contributed by atoms with E-state index in [2.05, 4.69) is 0 Å². The van der Waals surface area contributed by atoms with Gasteiger partial charge in [-0.15, -0.1) is 0 Å². The number of phenols is 1. The summed E-state index contributed by atoms with van der Waals surface area (Å²) in [5.41, 5.74) is 2.20. The van der Waals surface area contributed by atoms with Crippen LogP contribution in [0.1, 0.15) is 23.6 Å². The van der Waals surface area contributed by atoms with Gasteiger partial charge in [-0.05, 0) is 25.0 Å². The van der Waals surface area contributed by atoms with Gasteiger partial charge in [0.15, 0.2) is 5.58 Å². The lowest BCUT2D eigenvalue weighted by atomic mass is 10.0. The van der Waals surface area contributed by atoms with Crippen LogP contribution in [0.2, 0.25) is 5.02 Å². The number of hydrogen-bond acceptors (Lipinski definition) is 3. The van der Waals surface area contributed by atoms with Crippen LogP contribution in [-0.4, -0.2) is 19.2 Å². The first-order chi connectivity index (χ1) is 9.36. The normalized spacial score (nSPS) is 11.5. The largest absolute Gasteiger partial charge is 0.506 e. The lowest BCUT2D eigenvalue weighted by molar-refractivity contribution is -0.872. The molecule has 0 aliphatic heterocycles. The molecular formula is C15H19ClNO3+. The zero-order valence-corrected chi connectivity index (χ0v) is 12.9. The van der Waals surface area contributed by atoms with Gasteiger partial charge in [-0.1, -0.05) is 18.5 Å². The van der Waals surface area contributed by atoms with Gasteiger partial charge in [0, 0.05) is 10.9 Å². The van der Waals surface area contributed by atoms with Gasteiger partial charge in [0.25, 0.3) is 0 Å². The fraction of sp³-hybridized carbons (Fsp3) is 0.400. The lowest BCUT2D eigenvalue weighted by Crippen LogP contribution is -3.04. The number of halogens is 1. The number of hydrogen-bond donors (Lipinski definition) is 2. The van der Waals surface area contributed by atoms with Crippen molar-refractivity contribution in [3.8, 4) is 5.75 Å². The van der Waals surface area contributed by atoms with E-state index >= 15 is 0 Å². The highest BCUT2D eigenvalue weighted by atomic mass is 35.5. The molecule has 0 aliphatic carbocycles. The smallest absolute Gasteiger partial charge is 0.339 e.